The number of fused-ring (bicyclic) bond motifs is 3. The van der Waals surface area contributed by atoms with Crippen LogP contribution in [-0.4, -0.2) is 58.3 Å². The molecule has 3 N–H and O–H groups in total. The molecule has 2 aliphatic heterocycles. The second-order valence-electron chi connectivity index (χ2n) is 10.2. The van der Waals surface area contributed by atoms with Crippen LogP contribution >= 0.6 is 11.3 Å². The van der Waals surface area contributed by atoms with Gasteiger partial charge >= 0.3 is 6.17 Å². The lowest BCUT2D eigenvalue weighted by Crippen LogP contribution is -2.51. The number of aromatic nitrogens is 1. The number of rotatable bonds is 5. The van der Waals surface area contributed by atoms with E-state index >= 15 is 0 Å². The van der Waals surface area contributed by atoms with Crippen molar-refractivity contribution in [2.24, 2.45) is 5.92 Å². The summed E-state index contributed by atoms with van der Waals surface area (Å²) in [5.41, 5.74) is 7.52. The van der Waals surface area contributed by atoms with Crippen molar-refractivity contribution >= 4 is 50.1 Å². The van der Waals surface area contributed by atoms with Gasteiger partial charge in [0, 0.05) is 24.8 Å². The third-order valence-electron chi connectivity index (χ3n) is 7.31. The minimum absolute atomic E-state index is 0.102. The van der Waals surface area contributed by atoms with Crippen molar-refractivity contribution in [3.05, 3.63) is 65.0 Å². The third-order valence-corrected chi connectivity index (χ3v) is 8.16. The molecule has 3 atom stereocenters. The third kappa shape index (κ3) is 4.09. The van der Waals surface area contributed by atoms with Crippen molar-refractivity contribution in [3.63, 3.8) is 0 Å². The molecule has 10 heteroatoms. The van der Waals surface area contributed by atoms with E-state index in [0.717, 1.165) is 16.0 Å². The van der Waals surface area contributed by atoms with Crippen molar-refractivity contribution < 1.29 is 14.4 Å². The van der Waals surface area contributed by atoms with Gasteiger partial charge in [0.1, 0.15) is 11.5 Å². The maximum Gasteiger partial charge on any atom is 0.302 e. The summed E-state index contributed by atoms with van der Waals surface area (Å²) in [5, 5.41) is 3.34. The summed E-state index contributed by atoms with van der Waals surface area (Å²) in [6, 6.07) is 11.8. The van der Waals surface area contributed by atoms with Crippen molar-refractivity contribution in [2.45, 2.75) is 44.3 Å². The van der Waals surface area contributed by atoms with Gasteiger partial charge in [0.25, 0.3) is 11.8 Å². The molecular weight excluding hydrogens is 488 g/mol. The van der Waals surface area contributed by atoms with Gasteiger partial charge in [-0.1, -0.05) is 43.4 Å². The Morgan fingerprint density at radius 2 is 2.08 bits per heavy atom. The summed E-state index contributed by atoms with van der Waals surface area (Å²) < 4.78 is 0.795. The number of nitrogens with two attached hydrogens (primary N) is 1. The number of amides is 3. The fourth-order valence-electron chi connectivity index (χ4n) is 5.44. The van der Waals surface area contributed by atoms with E-state index in [0.29, 0.717) is 22.6 Å². The minimum Gasteiger partial charge on any atom is -0.375 e. The number of nitrogen functional groups attached to an aromatic ring is 1. The molecule has 1 saturated heterocycles. The van der Waals surface area contributed by atoms with Crippen LogP contribution in [0.25, 0.3) is 15.1 Å². The first-order valence-electron chi connectivity index (χ1n) is 12.2. The second kappa shape index (κ2) is 9.16. The van der Waals surface area contributed by atoms with E-state index in [9.17, 15) is 14.4 Å². The zero-order chi connectivity index (χ0) is 26.5. The highest BCUT2D eigenvalue weighted by Gasteiger charge is 2.59. The fourth-order valence-corrected chi connectivity index (χ4v) is 6.21. The molecule has 5 rings (SSSR count). The van der Waals surface area contributed by atoms with Gasteiger partial charge in [-0.15, -0.1) is 0 Å². The molecule has 0 bridgehead atoms. The lowest BCUT2D eigenvalue weighted by Gasteiger charge is -2.32. The number of thiazole rings is 1. The van der Waals surface area contributed by atoms with Gasteiger partial charge in [-0.2, -0.15) is 0 Å². The molecule has 1 spiro atoms. The first-order chi connectivity index (χ1) is 17.6. The van der Waals surface area contributed by atoms with Crippen LogP contribution in [0.3, 0.4) is 0 Å². The van der Waals surface area contributed by atoms with Crippen molar-refractivity contribution in [3.8, 4) is 0 Å². The van der Waals surface area contributed by atoms with E-state index < -0.39 is 17.6 Å². The van der Waals surface area contributed by atoms with Crippen molar-refractivity contribution in [2.75, 3.05) is 24.6 Å². The van der Waals surface area contributed by atoms with Crippen LogP contribution in [0.5, 0.6) is 0 Å². The molecule has 1 fully saturated rings. The van der Waals surface area contributed by atoms with Crippen LogP contribution in [0.1, 0.15) is 42.6 Å². The predicted octanol–water partition coefficient (Wildman–Crippen LogP) is 3.73. The molecule has 1 aromatic heterocycles. The van der Waals surface area contributed by atoms with Crippen molar-refractivity contribution in [1.29, 1.82) is 0 Å². The van der Waals surface area contributed by atoms with Gasteiger partial charge in [-0.25, -0.2) is 11.6 Å². The maximum atomic E-state index is 14.0. The van der Waals surface area contributed by atoms with Gasteiger partial charge in [0.05, 0.1) is 16.6 Å². The van der Waals surface area contributed by atoms with E-state index in [1.54, 1.807) is 25.2 Å². The molecule has 2 aromatic carbocycles. The molecule has 9 nitrogen and oxygen atoms in total. The van der Waals surface area contributed by atoms with Crippen LogP contribution in [0.15, 0.2) is 42.5 Å². The molecule has 0 unspecified atom stereocenters. The molecule has 0 radical (unpaired) electrons. The molecule has 3 amide bonds. The second-order valence-corrected chi connectivity index (χ2v) is 11.2. The maximum absolute atomic E-state index is 14.0. The molecule has 3 aromatic rings. The normalized spacial score (nSPS) is 21.2. The summed E-state index contributed by atoms with van der Waals surface area (Å²) in [7, 11) is 1.62. The largest absolute Gasteiger partial charge is 0.375 e. The quantitative estimate of drug-likeness (QED) is 0.502. The van der Waals surface area contributed by atoms with Crippen LogP contribution in [0, 0.1) is 12.5 Å². The molecular formula is C27H28N6O3S. The highest BCUT2D eigenvalue weighted by Crippen LogP contribution is 2.47. The Bertz CT molecular complexity index is 1460. The molecule has 37 heavy (non-hydrogen) atoms. The molecule has 190 valence electrons. The lowest BCUT2D eigenvalue weighted by atomic mass is 9.80. The highest BCUT2D eigenvalue weighted by molar-refractivity contribution is 7.22. The number of anilines is 2. The lowest BCUT2D eigenvalue weighted by molar-refractivity contribution is -0.136. The van der Waals surface area contributed by atoms with E-state index in [-0.39, 0.29) is 36.6 Å². The van der Waals surface area contributed by atoms with Gasteiger partial charge in [0.2, 0.25) is 5.91 Å². The zero-order valence-electron chi connectivity index (χ0n) is 20.9. The first kappa shape index (κ1) is 24.7. The smallest absolute Gasteiger partial charge is 0.302 e. The summed E-state index contributed by atoms with van der Waals surface area (Å²) >= 11 is 1.30. The zero-order valence-corrected chi connectivity index (χ0v) is 21.7. The Balaban J connectivity index is 1.45. The molecule has 0 saturated carbocycles. The SMILES string of the molecule is [C-]#[N+][C@@H]1C[C@@]2(CN1C(=O)[C@H](CC(C)C)N(C)C(=O)c1ccc3nc(N)sc3c1)C(=O)Nc1ccccc12. The average molecular weight is 517 g/mol. The highest BCUT2D eigenvalue weighted by atomic mass is 32.1. The van der Waals surface area contributed by atoms with E-state index in [1.807, 2.05) is 38.1 Å². The van der Waals surface area contributed by atoms with Gasteiger partial charge < -0.3 is 16.0 Å². The van der Waals surface area contributed by atoms with Gasteiger partial charge in [-0.3, -0.25) is 24.1 Å². The Labute approximate surface area is 219 Å². The fraction of sp³-hybridized carbons (Fsp3) is 0.370. The summed E-state index contributed by atoms with van der Waals surface area (Å²) in [6.45, 7) is 11.9. The van der Waals surface area contributed by atoms with E-state index in [4.69, 9.17) is 12.3 Å². The topological polar surface area (TPSA) is 113 Å². The van der Waals surface area contributed by atoms with Crippen LogP contribution in [0.4, 0.5) is 10.8 Å². The Hall–Kier alpha value is -3.97. The Kier molecular flexibility index (Phi) is 6.12. The predicted molar refractivity (Wildman–Crippen MR) is 143 cm³/mol. The summed E-state index contributed by atoms with van der Waals surface area (Å²) in [5.74, 6) is -0.695. The number of nitrogens with one attached hydrogen (secondary N) is 1. The van der Waals surface area contributed by atoms with Crippen molar-refractivity contribution in [1.82, 2.24) is 14.8 Å². The molecule has 2 aliphatic rings. The average Bonchev–Trinajstić information content (AvgIpc) is 3.53. The first-order valence-corrected chi connectivity index (χ1v) is 13.0. The number of para-hydroxylation sites is 1. The number of hydrogen-bond acceptors (Lipinski definition) is 6. The number of hydrogen-bond donors (Lipinski definition) is 2. The molecule has 3 heterocycles. The molecule has 0 aliphatic carbocycles. The van der Waals surface area contributed by atoms with Gasteiger partial charge in [0.15, 0.2) is 5.13 Å². The monoisotopic (exact) mass is 516 g/mol. The van der Waals surface area contributed by atoms with Gasteiger partial charge in [-0.05, 0) is 42.2 Å². The Morgan fingerprint density at radius 3 is 2.81 bits per heavy atom. The number of benzene rings is 2. The van der Waals surface area contributed by atoms with Crippen LogP contribution < -0.4 is 11.1 Å². The minimum atomic E-state index is -0.969. The summed E-state index contributed by atoms with van der Waals surface area (Å²) in [6.07, 6.45) is -0.145. The van der Waals surface area contributed by atoms with Crippen LogP contribution in [0.2, 0.25) is 0 Å². The number of carbonyl (C=O) groups excluding carboxylic acids is 3. The Morgan fingerprint density at radius 1 is 1.32 bits per heavy atom. The number of carbonyl (C=O) groups is 3. The number of nitrogens with zero attached hydrogens (tertiary/aromatic N) is 4. The van der Waals surface area contributed by atoms with E-state index in [2.05, 4.69) is 15.1 Å². The summed E-state index contributed by atoms with van der Waals surface area (Å²) in [4.78, 5) is 51.6. The van der Waals surface area contributed by atoms with Crippen LogP contribution in [-0.2, 0) is 15.0 Å². The standard InChI is InChI=1S/C27H28N6O3S/c1-15(2)11-20(32(4)23(34)16-9-10-19-21(12-16)37-26(28)31-19)24(35)33-14-27(13-22(33)29-3)17-7-5-6-8-18(17)30-25(27)36/h5-10,12,15,20,22H,11,13-14H2,1-2,4H3,(H2,28,31)(H,30,36)/t20-,22-,27-/m0/s1. The number of likely N-dealkylation sites (N-methyl/N-ethyl adjacent to an activating group) is 1. The number of likely N-dealkylation sites (tertiary alicyclic amines) is 1. The van der Waals surface area contributed by atoms with E-state index in [1.165, 1.54) is 21.1 Å².